The van der Waals surface area contributed by atoms with Crippen molar-refractivity contribution in [1.29, 1.82) is 0 Å². The van der Waals surface area contributed by atoms with E-state index in [9.17, 15) is 4.39 Å². The van der Waals surface area contributed by atoms with E-state index in [-0.39, 0.29) is 5.82 Å². The predicted octanol–water partition coefficient (Wildman–Crippen LogP) is 2.50. The van der Waals surface area contributed by atoms with Gasteiger partial charge >= 0.3 is 0 Å². The second-order valence-corrected chi connectivity index (χ2v) is 4.19. The van der Waals surface area contributed by atoms with Crippen LogP contribution in [0.15, 0.2) is 24.3 Å². The van der Waals surface area contributed by atoms with Gasteiger partial charge in [0.25, 0.3) is 0 Å². The molecule has 1 aromatic carbocycles. The Balaban J connectivity index is 2.00. The van der Waals surface area contributed by atoms with Crippen LogP contribution in [0.5, 0.6) is 0 Å². The van der Waals surface area contributed by atoms with Gasteiger partial charge in [0, 0.05) is 6.04 Å². The molecule has 2 heteroatoms. The summed E-state index contributed by atoms with van der Waals surface area (Å²) in [6, 6.07) is 7.12. The lowest BCUT2D eigenvalue weighted by molar-refractivity contribution is 0.478. The summed E-state index contributed by atoms with van der Waals surface area (Å²) in [4.78, 5) is 0. The standard InChI is InChI=1S/C12H16FN/c13-11-6-4-9(5-7-11)8-10-2-1-3-12(10)14/h4-7,10,12H,1-3,8,14H2/t10-,12-/m0/s1. The van der Waals surface area contributed by atoms with Crippen LogP contribution in [0.4, 0.5) is 4.39 Å². The molecule has 0 aromatic heterocycles. The summed E-state index contributed by atoms with van der Waals surface area (Å²) in [6.07, 6.45) is 4.61. The summed E-state index contributed by atoms with van der Waals surface area (Å²) < 4.78 is 12.7. The molecule has 0 aliphatic heterocycles. The van der Waals surface area contributed by atoms with E-state index >= 15 is 0 Å². The van der Waals surface area contributed by atoms with Gasteiger partial charge in [-0.1, -0.05) is 18.6 Å². The Labute approximate surface area is 84.1 Å². The predicted molar refractivity (Wildman–Crippen MR) is 55.4 cm³/mol. The van der Waals surface area contributed by atoms with Crippen molar-refractivity contribution in [2.75, 3.05) is 0 Å². The Morgan fingerprint density at radius 2 is 1.93 bits per heavy atom. The van der Waals surface area contributed by atoms with Gasteiger partial charge in [-0.3, -0.25) is 0 Å². The normalized spacial score (nSPS) is 26.7. The van der Waals surface area contributed by atoms with Gasteiger partial charge in [0.1, 0.15) is 5.82 Å². The highest BCUT2D eigenvalue weighted by Gasteiger charge is 2.23. The second kappa shape index (κ2) is 4.09. The molecule has 1 saturated carbocycles. The first-order valence-corrected chi connectivity index (χ1v) is 5.26. The van der Waals surface area contributed by atoms with E-state index in [1.54, 1.807) is 0 Å². The van der Waals surface area contributed by atoms with E-state index in [2.05, 4.69) is 0 Å². The molecular formula is C12H16FN. The fourth-order valence-electron chi connectivity index (χ4n) is 2.24. The molecule has 0 amide bonds. The SMILES string of the molecule is N[C@H]1CCC[C@H]1Cc1ccc(F)cc1. The van der Waals surface area contributed by atoms with Gasteiger partial charge < -0.3 is 5.73 Å². The fraction of sp³-hybridized carbons (Fsp3) is 0.500. The monoisotopic (exact) mass is 193 g/mol. The quantitative estimate of drug-likeness (QED) is 0.767. The highest BCUT2D eigenvalue weighted by atomic mass is 19.1. The maximum absolute atomic E-state index is 12.7. The van der Waals surface area contributed by atoms with Crippen LogP contribution in [0.1, 0.15) is 24.8 Å². The average Bonchev–Trinajstić information content (AvgIpc) is 2.56. The van der Waals surface area contributed by atoms with Crippen molar-refractivity contribution in [3.8, 4) is 0 Å². The molecule has 14 heavy (non-hydrogen) atoms. The Hall–Kier alpha value is -0.890. The van der Waals surface area contributed by atoms with E-state index in [0.29, 0.717) is 12.0 Å². The largest absolute Gasteiger partial charge is 0.327 e. The molecule has 0 radical (unpaired) electrons. The van der Waals surface area contributed by atoms with Gasteiger partial charge in [-0.05, 0) is 42.9 Å². The van der Waals surface area contributed by atoms with Gasteiger partial charge in [-0.15, -0.1) is 0 Å². The molecule has 1 aliphatic carbocycles. The third kappa shape index (κ3) is 2.13. The molecule has 1 nitrogen and oxygen atoms in total. The first kappa shape index (κ1) is 9.66. The van der Waals surface area contributed by atoms with Crippen molar-refractivity contribution in [2.24, 2.45) is 11.7 Å². The minimum Gasteiger partial charge on any atom is -0.327 e. The summed E-state index contributed by atoms with van der Waals surface area (Å²) in [5.74, 6) is 0.435. The van der Waals surface area contributed by atoms with Gasteiger partial charge in [0.15, 0.2) is 0 Å². The number of benzene rings is 1. The molecule has 76 valence electrons. The number of halogens is 1. The van der Waals surface area contributed by atoms with Crippen LogP contribution in [0.3, 0.4) is 0 Å². The summed E-state index contributed by atoms with van der Waals surface area (Å²) >= 11 is 0. The summed E-state index contributed by atoms with van der Waals surface area (Å²) in [5, 5.41) is 0. The highest BCUT2D eigenvalue weighted by Crippen LogP contribution is 2.27. The maximum Gasteiger partial charge on any atom is 0.123 e. The lowest BCUT2D eigenvalue weighted by Gasteiger charge is -2.14. The van der Waals surface area contributed by atoms with Crippen molar-refractivity contribution in [2.45, 2.75) is 31.7 Å². The molecule has 2 atom stereocenters. The zero-order valence-electron chi connectivity index (χ0n) is 8.25. The van der Waals surface area contributed by atoms with Crippen molar-refractivity contribution in [1.82, 2.24) is 0 Å². The molecule has 0 unspecified atom stereocenters. The zero-order chi connectivity index (χ0) is 9.97. The molecule has 1 aliphatic rings. The van der Waals surface area contributed by atoms with E-state index in [1.165, 1.54) is 30.5 Å². The Bertz CT molecular complexity index is 294. The van der Waals surface area contributed by atoms with Crippen LogP contribution < -0.4 is 5.73 Å². The highest BCUT2D eigenvalue weighted by molar-refractivity contribution is 5.17. The first-order chi connectivity index (χ1) is 6.75. The van der Waals surface area contributed by atoms with Gasteiger partial charge in [-0.25, -0.2) is 4.39 Å². The topological polar surface area (TPSA) is 26.0 Å². The number of nitrogens with two attached hydrogens (primary N) is 1. The number of rotatable bonds is 2. The van der Waals surface area contributed by atoms with Crippen LogP contribution in [-0.4, -0.2) is 6.04 Å². The van der Waals surface area contributed by atoms with Crippen molar-refractivity contribution >= 4 is 0 Å². The molecule has 1 aromatic rings. The van der Waals surface area contributed by atoms with Gasteiger partial charge in [0.05, 0.1) is 0 Å². The molecule has 1 fully saturated rings. The average molecular weight is 193 g/mol. The minimum absolute atomic E-state index is 0.163. The molecule has 2 rings (SSSR count). The Kier molecular flexibility index (Phi) is 2.82. The Morgan fingerprint density at radius 1 is 1.21 bits per heavy atom. The summed E-state index contributed by atoms with van der Waals surface area (Å²) in [6.45, 7) is 0. The zero-order valence-corrected chi connectivity index (χ0v) is 8.25. The molecule has 0 saturated heterocycles. The lowest BCUT2D eigenvalue weighted by Crippen LogP contribution is -2.25. The fourth-order valence-corrected chi connectivity index (χ4v) is 2.24. The summed E-state index contributed by atoms with van der Waals surface area (Å²) in [7, 11) is 0. The van der Waals surface area contributed by atoms with E-state index in [0.717, 1.165) is 12.8 Å². The third-order valence-corrected chi connectivity index (χ3v) is 3.13. The molecule has 2 N–H and O–H groups in total. The van der Waals surface area contributed by atoms with E-state index < -0.39 is 0 Å². The van der Waals surface area contributed by atoms with Crippen LogP contribution in [-0.2, 0) is 6.42 Å². The van der Waals surface area contributed by atoms with Crippen LogP contribution in [0.25, 0.3) is 0 Å². The number of hydrogen-bond donors (Lipinski definition) is 1. The molecule has 0 heterocycles. The van der Waals surface area contributed by atoms with E-state index in [1.807, 2.05) is 12.1 Å². The maximum atomic E-state index is 12.7. The molecular weight excluding hydrogens is 177 g/mol. The summed E-state index contributed by atoms with van der Waals surface area (Å²) in [5.41, 5.74) is 7.19. The van der Waals surface area contributed by atoms with Crippen molar-refractivity contribution in [3.05, 3.63) is 35.6 Å². The minimum atomic E-state index is -0.163. The second-order valence-electron chi connectivity index (χ2n) is 4.19. The van der Waals surface area contributed by atoms with Crippen molar-refractivity contribution in [3.63, 3.8) is 0 Å². The van der Waals surface area contributed by atoms with Gasteiger partial charge in [0.2, 0.25) is 0 Å². The molecule has 0 spiro atoms. The van der Waals surface area contributed by atoms with Gasteiger partial charge in [-0.2, -0.15) is 0 Å². The van der Waals surface area contributed by atoms with Crippen LogP contribution in [0, 0.1) is 11.7 Å². The van der Waals surface area contributed by atoms with E-state index in [4.69, 9.17) is 5.73 Å². The lowest BCUT2D eigenvalue weighted by atomic mass is 9.95. The third-order valence-electron chi connectivity index (χ3n) is 3.13. The number of hydrogen-bond acceptors (Lipinski definition) is 1. The van der Waals surface area contributed by atoms with Crippen LogP contribution >= 0.6 is 0 Å². The Morgan fingerprint density at radius 3 is 2.50 bits per heavy atom. The molecule has 0 bridgehead atoms. The van der Waals surface area contributed by atoms with Crippen molar-refractivity contribution < 1.29 is 4.39 Å². The smallest absolute Gasteiger partial charge is 0.123 e. The first-order valence-electron chi connectivity index (χ1n) is 5.26. The van der Waals surface area contributed by atoms with Crippen LogP contribution in [0.2, 0.25) is 0 Å².